The molecule has 0 fully saturated rings. The second-order valence-corrected chi connectivity index (χ2v) is 5.10. The van der Waals surface area contributed by atoms with Gasteiger partial charge in [0.05, 0.1) is 18.6 Å². The minimum atomic E-state index is -0.964. The van der Waals surface area contributed by atoms with Crippen molar-refractivity contribution >= 4 is 11.7 Å². The molecule has 1 N–H and O–H groups in total. The summed E-state index contributed by atoms with van der Waals surface area (Å²) < 4.78 is 4.71. The van der Waals surface area contributed by atoms with Gasteiger partial charge in [0.2, 0.25) is 0 Å². The Morgan fingerprint density at radius 1 is 1.28 bits per heavy atom. The van der Waals surface area contributed by atoms with Crippen LogP contribution in [-0.2, 0) is 9.53 Å². The molecule has 1 aromatic carbocycles. The van der Waals surface area contributed by atoms with Crippen molar-refractivity contribution in [1.82, 2.24) is 0 Å². The molecule has 1 rings (SSSR count). The summed E-state index contributed by atoms with van der Waals surface area (Å²) in [6.07, 6.45) is -0.888. The van der Waals surface area contributed by atoms with E-state index in [-0.39, 0.29) is 0 Å². The number of rotatable bonds is 4. The Bertz CT molecular complexity index is 410. The largest absolute Gasteiger partial charge is 0.469 e. The summed E-state index contributed by atoms with van der Waals surface area (Å²) in [5, 5.41) is 10.3. The average molecular weight is 251 g/mol. The molecule has 0 aliphatic rings. The molecule has 1 aromatic rings. The van der Waals surface area contributed by atoms with Crippen LogP contribution in [-0.4, -0.2) is 32.3 Å². The molecule has 4 nitrogen and oxygen atoms in total. The number of esters is 1. The number of aliphatic hydroxyl groups is 1. The number of benzene rings is 1. The third-order valence-electron chi connectivity index (χ3n) is 3.12. The van der Waals surface area contributed by atoms with Crippen molar-refractivity contribution in [3.05, 3.63) is 29.8 Å². The molecule has 18 heavy (non-hydrogen) atoms. The summed E-state index contributed by atoms with van der Waals surface area (Å²) in [5.41, 5.74) is 0.784. The molecule has 0 saturated carbocycles. The standard InChI is InChI=1S/C14H21NO3/c1-14(2,13(17)18-5)12(16)10-6-8-11(9-7-10)15(3)4/h6-9,12,16H,1-5H3. The Balaban J connectivity index is 2.97. The monoisotopic (exact) mass is 251 g/mol. The van der Waals surface area contributed by atoms with Crippen LogP contribution in [0.1, 0.15) is 25.5 Å². The first-order chi connectivity index (χ1) is 8.30. The van der Waals surface area contributed by atoms with Gasteiger partial charge in [0, 0.05) is 19.8 Å². The van der Waals surface area contributed by atoms with Crippen molar-refractivity contribution in [1.29, 1.82) is 0 Å². The fraction of sp³-hybridized carbons (Fsp3) is 0.500. The van der Waals surface area contributed by atoms with Gasteiger partial charge in [0.25, 0.3) is 0 Å². The van der Waals surface area contributed by atoms with Crippen molar-refractivity contribution in [2.45, 2.75) is 20.0 Å². The number of carbonyl (C=O) groups excluding carboxylic acids is 1. The highest BCUT2D eigenvalue weighted by Gasteiger charge is 2.37. The van der Waals surface area contributed by atoms with E-state index in [1.54, 1.807) is 13.8 Å². The minimum Gasteiger partial charge on any atom is -0.469 e. The number of methoxy groups -OCH3 is 1. The highest BCUT2D eigenvalue weighted by Crippen LogP contribution is 2.34. The van der Waals surface area contributed by atoms with Gasteiger partial charge in [-0.3, -0.25) is 4.79 Å². The van der Waals surface area contributed by atoms with Gasteiger partial charge in [-0.05, 0) is 31.5 Å². The molecule has 0 saturated heterocycles. The fourth-order valence-corrected chi connectivity index (χ4v) is 1.75. The minimum absolute atomic E-state index is 0.424. The van der Waals surface area contributed by atoms with E-state index in [1.165, 1.54) is 7.11 Å². The van der Waals surface area contributed by atoms with E-state index in [9.17, 15) is 9.90 Å². The molecular weight excluding hydrogens is 230 g/mol. The molecule has 0 bridgehead atoms. The lowest BCUT2D eigenvalue weighted by Gasteiger charge is -2.28. The third kappa shape index (κ3) is 2.82. The number of anilines is 1. The second kappa shape index (κ2) is 5.40. The van der Waals surface area contributed by atoms with Crippen LogP contribution in [0.15, 0.2) is 24.3 Å². The Hall–Kier alpha value is -1.55. The van der Waals surface area contributed by atoms with Gasteiger partial charge >= 0.3 is 5.97 Å². The molecule has 0 aliphatic carbocycles. The molecule has 0 heterocycles. The number of nitrogens with zero attached hydrogens (tertiary/aromatic N) is 1. The summed E-state index contributed by atoms with van der Waals surface area (Å²) in [6, 6.07) is 7.47. The Kier molecular flexibility index (Phi) is 4.35. The van der Waals surface area contributed by atoms with Crippen LogP contribution in [0.2, 0.25) is 0 Å². The maximum absolute atomic E-state index is 11.6. The van der Waals surface area contributed by atoms with Crippen molar-refractivity contribution in [2.75, 3.05) is 26.1 Å². The molecule has 0 radical (unpaired) electrons. The molecular formula is C14H21NO3. The number of hydrogen-bond donors (Lipinski definition) is 1. The van der Waals surface area contributed by atoms with E-state index in [2.05, 4.69) is 0 Å². The molecule has 0 amide bonds. The summed E-state index contributed by atoms with van der Waals surface area (Å²) in [4.78, 5) is 13.6. The zero-order valence-electron chi connectivity index (χ0n) is 11.6. The van der Waals surface area contributed by atoms with Crippen molar-refractivity contribution in [3.63, 3.8) is 0 Å². The van der Waals surface area contributed by atoms with E-state index in [0.717, 1.165) is 5.69 Å². The maximum atomic E-state index is 11.6. The number of aliphatic hydroxyl groups excluding tert-OH is 1. The summed E-state index contributed by atoms with van der Waals surface area (Å²) in [6.45, 7) is 3.34. The van der Waals surface area contributed by atoms with Crippen LogP contribution in [0.25, 0.3) is 0 Å². The smallest absolute Gasteiger partial charge is 0.314 e. The topological polar surface area (TPSA) is 49.8 Å². The number of hydrogen-bond acceptors (Lipinski definition) is 4. The van der Waals surface area contributed by atoms with Crippen LogP contribution in [0.3, 0.4) is 0 Å². The summed E-state index contributed by atoms with van der Waals surface area (Å²) in [5.74, 6) is -0.424. The van der Waals surface area contributed by atoms with Gasteiger partial charge < -0.3 is 14.7 Å². The van der Waals surface area contributed by atoms with Gasteiger partial charge in [-0.25, -0.2) is 0 Å². The Labute approximate surface area is 108 Å². The van der Waals surface area contributed by atoms with Gasteiger partial charge in [-0.15, -0.1) is 0 Å². The first-order valence-corrected chi connectivity index (χ1v) is 5.84. The van der Waals surface area contributed by atoms with Crippen LogP contribution < -0.4 is 4.90 Å². The van der Waals surface area contributed by atoms with Crippen LogP contribution in [0.5, 0.6) is 0 Å². The van der Waals surface area contributed by atoms with Crippen molar-refractivity contribution in [3.8, 4) is 0 Å². The average Bonchev–Trinajstić information content (AvgIpc) is 2.36. The lowest BCUT2D eigenvalue weighted by molar-refractivity contribution is -0.157. The molecule has 0 aromatic heterocycles. The molecule has 4 heteroatoms. The predicted octanol–water partition coefficient (Wildman–Crippen LogP) is 1.99. The molecule has 0 aliphatic heterocycles. The normalized spacial score (nSPS) is 13.0. The number of carbonyl (C=O) groups is 1. The van der Waals surface area contributed by atoms with Crippen LogP contribution in [0, 0.1) is 5.41 Å². The zero-order valence-corrected chi connectivity index (χ0v) is 11.6. The summed E-state index contributed by atoms with van der Waals surface area (Å²) >= 11 is 0. The highest BCUT2D eigenvalue weighted by atomic mass is 16.5. The molecule has 1 atom stereocenters. The Morgan fingerprint density at radius 2 is 1.78 bits per heavy atom. The first-order valence-electron chi connectivity index (χ1n) is 5.84. The van der Waals surface area contributed by atoms with E-state index < -0.39 is 17.5 Å². The highest BCUT2D eigenvalue weighted by molar-refractivity contribution is 5.76. The van der Waals surface area contributed by atoms with E-state index >= 15 is 0 Å². The molecule has 0 spiro atoms. The third-order valence-corrected chi connectivity index (χ3v) is 3.12. The van der Waals surface area contributed by atoms with E-state index in [1.807, 2.05) is 43.3 Å². The Morgan fingerprint density at radius 3 is 2.17 bits per heavy atom. The second-order valence-electron chi connectivity index (χ2n) is 5.10. The summed E-state index contributed by atoms with van der Waals surface area (Å²) in [7, 11) is 5.22. The van der Waals surface area contributed by atoms with E-state index in [0.29, 0.717) is 5.56 Å². The maximum Gasteiger partial charge on any atom is 0.314 e. The quantitative estimate of drug-likeness (QED) is 0.831. The lowest BCUT2D eigenvalue weighted by atomic mass is 9.82. The van der Waals surface area contributed by atoms with Crippen molar-refractivity contribution < 1.29 is 14.6 Å². The van der Waals surface area contributed by atoms with Crippen LogP contribution >= 0.6 is 0 Å². The van der Waals surface area contributed by atoms with Crippen molar-refractivity contribution in [2.24, 2.45) is 5.41 Å². The van der Waals surface area contributed by atoms with Gasteiger partial charge in [-0.2, -0.15) is 0 Å². The first kappa shape index (κ1) is 14.5. The number of ether oxygens (including phenoxy) is 1. The van der Waals surface area contributed by atoms with Gasteiger partial charge in [0.15, 0.2) is 0 Å². The van der Waals surface area contributed by atoms with E-state index in [4.69, 9.17) is 4.74 Å². The fourth-order valence-electron chi connectivity index (χ4n) is 1.75. The SMILES string of the molecule is COC(=O)C(C)(C)C(O)c1ccc(N(C)C)cc1. The van der Waals surface area contributed by atoms with Crippen LogP contribution in [0.4, 0.5) is 5.69 Å². The predicted molar refractivity (Wildman–Crippen MR) is 71.5 cm³/mol. The zero-order chi connectivity index (χ0) is 13.9. The molecule has 100 valence electrons. The van der Waals surface area contributed by atoms with Gasteiger partial charge in [-0.1, -0.05) is 12.1 Å². The lowest BCUT2D eigenvalue weighted by Crippen LogP contribution is -2.32. The van der Waals surface area contributed by atoms with Gasteiger partial charge in [0.1, 0.15) is 0 Å². The molecule has 1 unspecified atom stereocenters.